The van der Waals surface area contributed by atoms with Gasteiger partial charge in [0, 0.05) is 5.38 Å². The molecular weight excluding hydrogens is 220 g/mol. The van der Waals surface area contributed by atoms with Crippen molar-refractivity contribution in [2.75, 3.05) is 11.5 Å². The molecule has 0 bridgehead atoms. The summed E-state index contributed by atoms with van der Waals surface area (Å²) in [4.78, 5) is 0. The Bertz CT molecular complexity index is 290. The number of hydrogen-bond donors (Lipinski definition) is 0. The summed E-state index contributed by atoms with van der Waals surface area (Å²) < 4.78 is 22.5. The first-order valence-corrected chi connectivity index (χ1v) is 7.31. The van der Waals surface area contributed by atoms with Gasteiger partial charge in [-0.1, -0.05) is 20.8 Å². The van der Waals surface area contributed by atoms with Gasteiger partial charge < -0.3 is 0 Å². The van der Waals surface area contributed by atoms with Crippen molar-refractivity contribution in [3.63, 3.8) is 0 Å². The first-order chi connectivity index (χ1) is 6.21. The van der Waals surface area contributed by atoms with Crippen LogP contribution < -0.4 is 0 Å². The number of alkyl halides is 1. The molecule has 0 aromatic heterocycles. The molecule has 1 fully saturated rings. The van der Waals surface area contributed by atoms with E-state index < -0.39 is 9.84 Å². The van der Waals surface area contributed by atoms with Crippen molar-refractivity contribution in [2.45, 2.75) is 39.0 Å². The summed E-state index contributed by atoms with van der Waals surface area (Å²) in [6.07, 6.45) is 1.62. The second kappa shape index (κ2) is 4.01. The Labute approximate surface area is 91.9 Å². The van der Waals surface area contributed by atoms with Gasteiger partial charge in [-0.3, -0.25) is 0 Å². The molecule has 0 aromatic rings. The van der Waals surface area contributed by atoms with E-state index in [0.29, 0.717) is 11.5 Å². The summed E-state index contributed by atoms with van der Waals surface area (Å²) in [5.41, 5.74) is 0.0634. The van der Waals surface area contributed by atoms with Crippen LogP contribution in [0.2, 0.25) is 0 Å². The van der Waals surface area contributed by atoms with Crippen molar-refractivity contribution in [2.24, 2.45) is 11.3 Å². The van der Waals surface area contributed by atoms with Crippen molar-refractivity contribution < 1.29 is 8.42 Å². The average Bonchev–Trinajstić information content (AvgIpc) is 2.28. The highest BCUT2D eigenvalue weighted by molar-refractivity contribution is 7.91. The van der Waals surface area contributed by atoms with Crippen LogP contribution in [0.15, 0.2) is 0 Å². The molecule has 84 valence electrons. The molecule has 0 spiro atoms. The van der Waals surface area contributed by atoms with Crippen LogP contribution in [0.5, 0.6) is 0 Å². The fourth-order valence-electron chi connectivity index (χ4n) is 1.70. The van der Waals surface area contributed by atoms with Crippen LogP contribution >= 0.6 is 11.6 Å². The van der Waals surface area contributed by atoms with E-state index in [2.05, 4.69) is 20.8 Å². The van der Waals surface area contributed by atoms with E-state index in [9.17, 15) is 8.42 Å². The number of rotatable bonds is 2. The zero-order chi connectivity index (χ0) is 11.0. The third kappa shape index (κ3) is 3.43. The van der Waals surface area contributed by atoms with Gasteiger partial charge in [-0.15, -0.1) is 11.6 Å². The summed E-state index contributed by atoms with van der Waals surface area (Å²) in [6.45, 7) is 6.27. The molecule has 1 aliphatic heterocycles. The Balaban J connectivity index is 2.48. The third-order valence-electron chi connectivity index (χ3n) is 2.81. The molecular formula is C10H19ClO2S. The van der Waals surface area contributed by atoms with Crippen molar-refractivity contribution in [3.8, 4) is 0 Å². The quantitative estimate of drug-likeness (QED) is 0.693. The normalized spacial score (nSPS) is 29.0. The zero-order valence-electron chi connectivity index (χ0n) is 9.09. The van der Waals surface area contributed by atoms with Crippen LogP contribution in [0.3, 0.4) is 0 Å². The highest BCUT2D eigenvalue weighted by Gasteiger charge is 2.32. The Morgan fingerprint density at radius 2 is 2.00 bits per heavy atom. The molecule has 4 heteroatoms. The largest absolute Gasteiger partial charge is 0.229 e. The van der Waals surface area contributed by atoms with Crippen LogP contribution in [0.4, 0.5) is 0 Å². The minimum Gasteiger partial charge on any atom is -0.229 e. The molecule has 0 saturated carbocycles. The molecule has 1 aliphatic rings. The highest BCUT2D eigenvalue weighted by atomic mass is 35.5. The number of sulfone groups is 1. The molecule has 0 aliphatic carbocycles. The summed E-state index contributed by atoms with van der Waals surface area (Å²) in [7, 11) is -2.75. The minimum absolute atomic E-state index is 0.0634. The molecule has 14 heavy (non-hydrogen) atoms. The summed E-state index contributed by atoms with van der Waals surface area (Å²) in [5, 5.41) is 0.0702. The molecule has 1 heterocycles. The Kier molecular flexibility index (Phi) is 3.53. The van der Waals surface area contributed by atoms with E-state index in [1.807, 2.05) is 0 Å². The standard InChI is InChI=1S/C10H19ClO2S/c1-10(2,3)9(11)6-8-4-5-14(12,13)7-8/h8-9H,4-7H2,1-3H3. The van der Waals surface area contributed by atoms with Gasteiger partial charge in [0.25, 0.3) is 0 Å². The fourth-order valence-corrected chi connectivity index (χ4v) is 3.84. The maximum absolute atomic E-state index is 11.2. The van der Waals surface area contributed by atoms with Crippen molar-refractivity contribution >= 4 is 21.4 Å². The number of halogens is 1. The van der Waals surface area contributed by atoms with Crippen molar-refractivity contribution in [1.29, 1.82) is 0 Å². The molecule has 0 N–H and O–H groups in total. The van der Waals surface area contributed by atoms with Gasteiger partial charge in [0.2, 0.25) is 0 Å². The first kappa shape index (κ1) is 12.3. The van der Waals surface area contributed by atoms with E-state index in [4.69, 9.17) is 11.6 Å². The molecule has 0 amide bonds. The van der Waals surface area contributed by atoms with Crippen LogP contribution in [0, 0.1) is 11.3 Å². The maximum Gasteiger partial charge on any atom is 0.150 e. The van der Waals surface area contributed by atoms with Gasteiger partial charge in [0.1, 0.15) is 0 Å². The van der Waals surface area contributed by atoms with Crippen LogP contribution in [-0.2, 0) is 9.84 Å². The van der Waals surface area contributed by atoms with Gasteiger partial charge in [0.15, 0.2) is 9.84 Å². The van der Waals surface area contributed by atoms with E-state index in [1.54, 1.807) is 0 Å². The van der Waals surface area contributed by atoms with Crippen LogP contribution in [0.1, 0.15) is 33.6 Å². The zero-order valence-corrected chi connectivity index (χ0v) is 10.7. The lowest BCUT2D eigenvalue weighted by Gasteiger charge is -2.26. The Morgan fingerprint density at radius 1 is 1.43 bits per heavy atom. The Hall–Kier alpha value is 0.240. The summed E-state index contributed by atoms with van der Waals surface area (Å²) in [5.74, 6) is 0.972. The molecule has 2 unspecified atom stereocenters. The number of hydrogen-bond acceptors (Lipinski definition) is 2. The molecule has 2 nitrogen and oxygen atoms in total. The second-order valence-electron chi connectivity index (χ2n) is 5.34. The lowest BCUT2D eigenvalue weighted by molar-refractivity contribution is 0.340. The van der Waals surface area contributed by atoms with Crippen LogP contribution in [0.25, 0.3) is 0 Å². The van der Waals surface area contributed by atoms with E-state index in [-0.39, 0.29) is 16.7 Å². The third-order valence-corrected chi connectivity index (χ3v) is 5.48. The predicted molar refractivity (Wildman–Crippen MR) is 60.5 cm³/mol. The van der Waals surface area contributed by atoms with Gasteiger partial charge >= 0.3 is 0 Å². The van der Waals surface area contributed by atoms with Crippen LogP contribution in [-0.4, -0.2) is 25.3 Å². The van der Waals surface area contributed by atoms with E-state index in [0.717, 1.165) is 12.8 Å². The molecule has 0 aromatic carbocycles. The monoisotopic (exact) mass is 238 g/mol. The highest BCUT2D eigenvalue weighted by Crippen LogP contribution is 2.33. The van der Waals surface area contributed by atoms with Gasteiger partial charge in [-0.25, -0.2) is 8.42 Å². The maximum atomic E-state index is 11.2. The van der Waals surface area contributed by atoms with Crippen molar-refractivity contribution in [1.82, 2.24) is 0 Å². The average molecular weight is 239 g/mol. The van der Waals surface area contributed by atoms with Gasteiger partial charge in [-0.05, 0) is 24.2 Å². The molecule has 0 radical (unpaired) electrons. The van der Waals surface area contributed by atoms with E-state index >= 15 is 0 Å². The smallest absolute Gasteiger partial charge is 0.150 e. The molecule has 2 atom stereocenters. The van der Waals surface area contributed by atoms with Gasteiger partial charge in [-0.2, -0.15) is 0 Å². The summed E-state index contributed by atoms with van der Waals surface area (Å²) >= 11 is 6.24. The second-order valence-corrected chi connectivity index (χ2v) is 8.09. The predicted octanol–water partition coefficient (Wildman–Crippen LogP) is 2.46. The molecule has 1 rings (SSSR count). The minimum atomic E-state index is -2.75. The summed E-state index contributed by atoms with van der Waals surface area (Å²) in [6, 6.07) is 0. The first-order valence-electron chi connectivity index (χ1n) is 5.05. The lowest BCUT2D eigenvalue weighted by Crippen LogP contribution is -2.24. The molecule has 1 saturated heterocycles. The Morgan fingerprint density at radius 3 is 2.36 bits per heavy atom. The SMILES string of the molecule is CC(C)(C)C(Cl)CC1CCS(=O)(=O)C1. The van der Waals surface area contributed by atoms with E-state index in [1.165, 1.54) is 0 Å². The fraction of sp³-hybridized carbons (Fsp3) is 1.00. The lowest BCUT2D eigenvalue weighted by atomic mass is 9.86. The topological polar surface area (TPSA) is 34.1 Å². The van der Waals surface area contributed by atoms with Crippen molar-refractivity contribution in [3.05, 3.63) is 0 Å². The van der Waals surface area contributed by atoms with Gasteiger partial charge in [0.05, 0.1) is 11.5 Å².